The molecule has 0 N–H and O–H groups in total. The van der Waals surface area contributed by atoms with Gasteiger partial charge in [0.2, 0.25) is 15.9 Å². The van der Waals surface area contributed by atoms with Gasteiger partial charge in [-0.2, -0.15) is 0 Å². The molecule has 2 aliphatic rings. The molecule has 0 saturated carbocycles. The van der Waals surface area contributed by atoms with Crippen molar-refractivity contribution in [3.8, 4) is 0 Å². The lowest BCUT2D eigenvalue weighted by molar-refractivity contribution is -0.147. The van der Waals surface area contributed by atoms with Gasteiger partial charge in [0.15, 0.2) is 0 Å². The number of rotatable bonds is 4. The smallest absolute Gasteiger partial charge is 0.228 e. The second-order valence-corrected chi connectivity index (χ2v) is 8.27. The summed E-state index contributed by atoms with van der Waals surface area (Å²) in [5, 5.41) is 0. The third kappa shape index (κ3) is 3.76. The van der Waals surface area contributed by atoms with Gasteiger partial charge in [0.05, 0.1) is 19.0 Å². The molecule has 2 rings (SSSR count). The summed E-state index contributed by atoms with van der Waals surface area (Å²) in [6.07, 6.45) is 1.83. The Morgan fingerprint density at radius 1 is 1.14 bits per heavy atom. The monoisotopic (exact) mass is 318 g/mol. The van der Waals surface area contributed by atoms with Crippen LogP contribution in [0.5, 0.6) is 0 Å². The van der Waals surface area contributed by atoms with E-state index in [1.165, 1.54) is 0 Å². The highest BCUT2D eigenvalue weighted by Crippen LogP contribution is 2.34. The number of morpholine rings is 1. The van der Waals surface area contributed by atoms with Gasteiger partial charge in [0.25, 0.3) is 0 Å². The van der Waals surface area contributed by atoms with Crippen molar-refractivity contribution in [1.29, 1.82) is 0 Å². The molecule has 2 fully saturated rings. The van der Waals surface area contributed by atoms with Crippen LogP contribution in [0.4, 0.5) is 0 Å². The topological polar surface area (TPSA) is 66.9 Å². The average molecular weight is 318 g/mol. The van der Waals surface area contributed by atoms with Gasteiger partial charge in [0.1, 0.15) is 0 Å². The van der Waals surface area contributed by atoms with E-state index in [-0.39, 0.29) is 11.7 Å². The van der Waals surface area contributed by atoms with E-state index in [9.17, 15) is 13.2 Å². The maximum atomic E-state index is 12.7. The van der Waals surface area contributed by atoms with Crippen LogP contribution in [0.25, 0.3) is 0 Å². The number of piperidine rings is 1. The van der Waals surface area contributed by atoms with Gasteiger partial charge in [-0.15, -0.1) is 0 Å². The third-order valence-electron chi connectivity index (χ3n) is 4.50. The van der Waals surface area contributed by atoms with E-state index in [4.69, 9.17) is 4.74 Å². The first-order valence-corrected chi connectivity index (χ1v) is 9.35. The van der Waals surface area contributed by atoms with Crippen molar-refractivity contribution in [3.63, 3.8) is 0 Å². The molecule has 0 atom stereocenters. The minimum absolute atomic E-state index is 0.151. The average Bonchev–Trinajstić information content (AvgIpc) is 2.48. The highest BCUT2D eigenvalue weighted by Gasteiger charge is 2.41. The van der Waals surface area contributed by atoms with Gasteiger partial charge in [0, 0.05) is 31.6 Å². The zero-order chi connectivity index (χ0) is 15.5. The van der Waals surface area contributed by atoms with E-state index >= 15 is 0 Å². The van der Waals surface area contributed by atoms with Crippen LogP contribution in [0.15, 0.2) is 0 Å². The van der Waals surface area contributed by atoms with Gasteiger partial charge in [-0.05, 0) is 19.3 Å². The lowest BCUT2D eigenvalue weighted by Gasteiger charge is -2.41. The van der Waals surface area contributed by atoms with Crippen molar-refractivity contribution in [2.24, 2.45) is 5.41 Å². The first kappa shape index (κ1) is 16.7. The Balaban J connectivity index is 1.96. The number of sulfonamides is 1. The van der Waals surface area contributed by atoms with Gasteiger partial charge >= 0.3 is 0 Å². The highest BCUT2D eigenvalue weighted by molar-refractivity contribution is 7.89. The Morgan fingerprint density at radius 2 is 1.71 bits per heavy atom. The highest BCUT2D eigenvalue weighted by atomic mass is 32.2. The minimum Gasteiger partial charge on any atom is -0.378 e. The quantitative estimate of drug-likeness (QED) is 0.765. The maximum absolute atomic E-state index is 12.7. The van der Waals surface area contributed by atoms with Gasteiger partial charge in [-0.25, -0.2) is 12.7 Å². The summed E-state index contributed by atoms with van der Waals surface area (Å²) in [4.78, 5) is 14.5. The molecule has 2 saturated heterocycles. The zero-order valence-corrected chi connectivity index (χ0v) is 13.8. The largest absolute Gasteiger partial charge is 0.378 e. The van der Waals surface area contributed by atoms with Crippen molar-refractivity contribution in [2.75, 3.05) is 45.1 Å². The molecule has 0 aromatic carbocycles. The molecular weight excluding hydrogens is 292 g/mol. The van der Waals surface area contributed by atoms with Crippen molar-refractivity contribution in [3.05, 3.63) is 0 Å². The number of hydrogen-bond acceptors (Lipinski definition) is 4. The molecule has 1 amide bonds. The lowest BCUT2D eigenvalue weighted by atomic mass is 9.79. The summed E-state index contributed by atoms with van der Waals surface area (Å²) in [7, 11) is -3.15. The SMILES string of the molecule is CCCS(=O)(=O)N1CCC(C)(C(=O)N2CCOCC2)CC1. The lowest BCUT2D eigenvalue weighted by Crippen LogP contribution is -2.52. The predicted octanol–water partition coefficient (Wildman–Crippen LogP) is 0.687. The predicted molar refractivity (Wildman–Crippen MR) is 80.4 cm³/mol. The Labute approximate surface area is 127 Å². The Kier molecular flexibility index (Phi) is 5.27. The van der Waals surface area contributed by atoms with E-state index in [0.29, 0.717) is 58.7 Å². The number of carbonyl (C=O) groups is 1. The molecule has 6 nitrogen and oxygen atoms in total. The van der Waals surface area contributed by atoms with Crippen LogP contribution in [0.1, 0.15) is 33.1 Å². The van der Waals surface area contributed by atoms with E-state index in [1.54, 1.807) is 4.31 Å². The molecule has 0 unspecified atom stereocenters. The van der Waals surface area contributed by atoms with Crippen LogP contribution in [-0.4, -0.2) is 68.7 Å². The fraction of sp³-hybridized carbons (Fsp3) is 0.929. The summed E-state index contributed by atoms with van der Waals surface area (Å²) in [5.41, 5.74) is -0.435. The molecule has 122 valence electrons. The molecule has 0 aliphatic carbocycles. The summed E-state index contributed by atoms with van der Waals surface area (Å²) in [6, 6.07) is 0. The molecule has 0 aromatic heterocycles. The Morgan fingerprint density at radius 3 is 2.24 bits per heavy atom. The summed E-state index contributed by atoms with van der Waals surface area (Å²) < 4.78 is 31.0. The maximum Gasteiger partial charge on any atom is 0.228 e. The number of ether oxygens (including phenoxy) is 1. The van der Waals surface area contributed by atoms with Gasteiger partial charge in [-0.1, -0.05) is 13.8 Å². The van der Waals surface area contributed by atoms with E-state index in [0.717, 1.165) is 0 Å². The number of hydrogen-bond donors (Lipinski definition) is 0. The van der Waals surface area contributed by atoms with Crippen LogP contribution >= 0.6 is 0 Å². The first-order chi connectivity index (χ1) is 9.89. The fourth-order valence-corrected chi connectivity index (χ4v) is 4.52. The Bertz CT molecular complexity index is 463. The number of nitrogens with zero attached hydrogens (tertiary/aromatic N) is 2. The number of carbonyl (C=O) groups excluding carboxylic acids is 1. The van der Waals surface area contributed by atoms with Crippen LogP contribution in [-0.2, 0) is 19.6 Å². The first-order valence-electron chi connectivity index (χ1n) is 7.74. The third-order valence-corrected chi connectivity index (χ3v) is 6.57. The van der Waals surface area contributed by atoms with Gasteiger partial charge < -0.3 is 9.64 Å². The molecule has 0 spiro atoms. The molecule has 0 radical (unpaired) electrons. The standard InChI is InChI=1S/C14H26N2O4S/c1-3-12-21(18,19)16-6-4-14(2,5-7-16)13(17)15-8-10-20-11-9-15/h3-12H2,1-2H3. The fourth-order valence-electron chi connectivity index (χ4n) is 3.01. The van der Waals surface area contributed by atoms with Crippen molar-refractivity contribution < 1.29 is 17.9 Å². The molecule has 21 heavy (non-hydrogen) atoms. The van der Waals surface area contributed by atoms with Crippen LogP contribution in [0, 0.1) is 5.41 Å². The van der Waals surface area contributed by atoms with Crippen LogP contribution in [0.2, 0.25) is 0 Å². The number of amides is 1. The van der Waals surface area contributed by atoms with Crippen molar-refractivity contribution in [2.45, 2.75) is 33.1 Å². The summed E-state index contributed by atoms with van der Waals surface area (Å²) >= 11 is 0. The minimum atomic E-state index is -3.15. The molecule has 0 aromatic rings. The molecule has 7 heteroatoms. The summed E-state index contributed by atoms with van der Waals surface area (Å²) in [6.45, 7) is 7.22. The van der Waals surface area contributed by atoms with Crippen molar-refractivity contribution in [1.82, 2.24) is 9.21 Å². The van der Waals surface area contributed by atoms with E-state index in [2.05, 4.69) is 0 Å². The van der Waals surface area contributed by atoms with Crippen LogP contribution < -0.4 is 0 Å². The molecular formula is C14H26N2O4S. The molecule has 2 heterocycles. The Hall–Kier alpha value is -0.660. The molecule has 2 aliphatic heterocycles. The second-order valence-electron chi connectivity index (χ2n) is 6.18. The van der Waals surface area contributed by atoms with E-state index < -0.39 is 15.4 Å². The summed E-state index contributed by atoms with van der Waals surface area (Å²) in [5.74, 6) is 0.347. The van der Waals surface area contributed by atoms with Crippen molar-refractivity contribution >= 4 is 15.9 Å². The molecule has 0 bridgehead atoms. The van der Waals surface area contributed by atoms with Gasteiger partial charge in [-0.3, -0.25) is 4.79 Å². The van der Waals surface area contributed by atoms with E-state index in [1.807, 2.05) is 18.7 Å². The van der Waals surface area contributed by atoms with Crippen LogP contribution in [0.3, 0.4) is 0 Å². The normalized spacial score (nSPS) is 24.0. The second kappa shape index (κ2) is 6.62. The zero-order valence-electron chi connectivity index (χ0n) is 13.0.